The minimum Gasteiger partial charge on any atom is -0.377 e. The van der Waals surface area contributed by atoms with E-state index in [1.54, 1.807) is 19.2 Å². The minimum absolute atomic E-state index is 0.160. The minimum atomic E-state index is -0.348. The number of methoxy groups -OCH3 is 1. The average Bonchev–Trinajstić information content (AvgIpc) is 3.17. The number of carbonyl (C=O) groups excluding carboxylic acids is 2. The summed E-state index contributed by atoms with van der Waals surface area (Å²) in [5, 5.41) is 14.4. The summed E-state index contributed by atoms with van der Waals surface area (Å²) in [5.74, 6) is 0.106. The molecule has 7 nitrogen and oxygen atoms in total. The first-order chi connectivity index (χ1) is 14.5. The molecule has 0 unspecified atom stereocenters. The van der Waals surface area contributed by atoms with Crippen LogP contribution in [-0.2, 0) is 21.9 Å². The van der Waals surface area contributed by atoms with Gasteiger partial charge in [0.15, 0.2) is 0 Å². The lowest BCUT2D eigenvalue weighted by atomic mass is 10.1. The number of nitrogens with zero attached hydrogens (tertiary/aromatic N) is 2. The maximum Gasteiger partial charge on any atom is 0.257 e. The van der Waals surface area contributed by atoms with Gasteiger partial charge in [-0.25, -0.2) is 4.39 Å². The highest BCUT2D eigenvalue weighted by atomic mass is 32.2. The topological polar surface area (TPSA) is 93.2 Å². The summed E-state index contributed by atoms with van der Waals surface area (Å²) in [4.78, 5) is 24.3. The van der Waals surface area contributed by atoms with Crippen molar-refractivity contribution in [1.82, 2.24) is 10.2 Å². The van der Waals surface area contributed by atoms with Crippen molar-refractivity contribution in [2.45, 2.75) is 12.4 Å². The highest BCUT2D eigenvalue weighted by Crippen LogP contribution is 2.18. The van der Waals surface area contributed by atoms with Crippen molar-refractivity contribution in [2.75, 3.05) is 23.5 Å². The fourth-order valence-electron chi connectivity index (χ4n) is 2.40. The Morgan fingerprint density at radius 1 is 1.07 bits per heavy atom. The maximum atomic E-state index is 12.9. The van der Waals surface area contributed by atoms with Crippen LogP contribution in [0, 0.1) is 5.82 Å². The van der Waals surface area contributed by atoms with Crippen LogP contribution in [0.5, 0.6) is 0 Å². The molecule has 0 aliphatic carbocycles. The van der Waals surface area contributed by atoms with Crippen LogP contribution in [0.15, 0.2) is 48.5 Å². The molecule has 0 saturated carbocycles. The molecule has 156 valence electrons. The predicted octanol–water partition coefficient (Wildman–Crippen LogP) is 3.95. The van der Waals surface area contributed by atoms with Crippen LogP contribution in [0.1, 0.15) is 20.9 Å². The summed E-state index contributed by atoms with van der Waals surface area (Å²) in [5.41, 5.74) is 2.05. The van der Waals surface area contributed by atoms with Gasteiger partial charge < -0.3 is 10.1 Å². The molecule has 2 aromatic carbocycles. The van der Waals surface area contributed by atoms with Gasteiger partial charge in [0.25, 0.3) is 5.91 Å². The number of benzene rings is 2. The van der Waals surface area contributed by atoms with Crippen molar-refractivity contribution in [2.24, 2.45) is 0 Å². The lowest BCUT2D eigenvalue weighted by molar-refractivity contribution is -0.113. The number of halogens is 1. The number of hydrogen-bond donors (Lipinski definition) is 2. The fraction of sp³-hybridized carbons (Fsp3) is 0.200. The Kier molecular flexibility index (Phi) is 7.89. The molecular formula is C20H19FN4O3S2. The van der Waals surface area contributed by atoms with E-state index < -0.39 is 0 Å². The number of amides is 2. The number of carbonyl (C=O) groups is 2. The van der Waals surface area contributed by atoms with E-state index in [9.17, 15) is 14.0 Å². The molecule has 0 saturated heterocycles. The molecule has 30 heavy (non-hydrogen) atoms. The molecule has 0 aliphatic heterocycles. The van der Waals surface area contributed by atoms with E-state index in [4.69, 9.17) is 4.74 Å². The molecule has 3 aromatic rings. The van der Waals surface area contributed by atoms with E-state index in [2.05, 4.69) is 20.8 Å². The van der Waals surface area contributed by atoms with Crippen LogP contribution in [-0.4, -0.2) is 34.9 Å². The van der Waals surface area contributed by atoms with Crippen molar-refractivity contribution in [3.8, 4) is 0 Å². The zero-order valence-corrected chi connectivity index (χ0v) is 17.7. The number of anilines is 2. The predicted molar refractivity (Wildman–Crippen MR) is 116 cm³/mol. The standard InChI is InChI=1S/C20H19FN4O3S2/c1-28-10-18-24-25-20(30-18)23-19(27)14-4-2-13(3-5-14)11-29-12-17(26)22-16-8-6-15(21)7-9-16/h2-9H,10-12H2,1H3,(H,22,26)(H,23,25,27). The first-order valence-electron chi connectivity index (χ1n) is 8.88. The molecule has 0 fully saturated rings. The van der Waals surface area contributed by atoms with Crippen LogP contribution >= 0.6 is 23.1 Å². The number of rotatable bonds is 9. The van der Waals surface area contributed by atoms with Crippen molar-refractivity contribution in [3.63, 3.8) is 0 Å². The molecule has 2 N–H and O–H groups in total. The quantitative estimate of drug-likeness (QED) is 0.517. The number of hydrogen-bond acceptors (Lipinski definition) is 7. The molecule has 0 atom stereocenters. The summed E-state index contributed by atoms with van der Waals surface area (Å²) in [6, 6.07) is 12.8. The zero-order chi connectivity index (χ0) is 21.3. The molecule has 2 amide bonds. The first-order valence-corrected chi connectivity index (χ1v) is 10.9. The van der Waals surface area contributed by atoms with Gasteiger partial charge in [-0.05, 0) is 42.0 Å². The normalized spacial score (nSPS) is 10.6. The maximum absolute atomic E-state index is 12.9. The lowest BCUT2D eigenvalue weighted by Crippen LogP contribution is -2.14. The van der Waals surface area contributed by atoms with Gasteiger partial charge in [0.2, 0.25) is 11.0 Å². The fourth-order valence-corrected chi connectivity index (χ4v) is 3.89. The molecule has 10 heteroatoms. The SMILES string of the molecule is COCc1nnc(NC(=O)c2ccc(CSCC(=O)Nc3ccc(F)cc3)cc2)s1. The van der Waals surface area contributed by atoms with Crippen molar-refractivity contribution < 1.29 is 18.7 Å². The van der Waals surface area contributed by atoms with Crippen molar-refractivity contribution in [3.05, 3.63) is 70.5 Å². The van der Waals surface area contributed by atoms with Crippen LogP contribution < -0.4 is 10.6 Å². The third-order valence-electron chi connectivity index (χ3n) is 3.80. The molecule has 1 heterocycles. The van der Waals surface area contributed by atoms with Crippen LogP contribution in [0.3, 0.4) is 0 Å². The number of thioether (sulfide) groups is 1. The van der Waals surface area contributed by atoms with E-state index >= 15 is 0 Å². The van der Waals surface area contributed by atoms with Gasteiger partial charge in [0.05, 0.1) is 5.75 Å². The third-order valence-corrected chi connectivity index (χ3v) is 5.62. The van der Waals surface area contributed by atoms with Gasteiger partial charge in [0.1, 0.15) is 17.4 Å². The van der Waals surface area contributed by atoms with Gasteiger partial charge in [-0.2, -0.15) is 0 Å². The Morgan fingerprint density at radius 2 is 1.80 bits per heavy atom. The number of nitrogens with one attached hydrogen (secondary N) is 2. The Hall–Kier alpha value is -2.82. The first kappa shape index (κ1) is 21.9. The number of ether oxygens (including phenoxy) is 1. The molecule has 1 aromatic heterocycles. The second kappa shape index (κ2) is 10.8. The molecule has 3 rings (SSSR count). The monoisotopic (exact) mass is 446 g/mol. The van der Waals surface area contributed by atoms with Gasteiger partial charge in [-0.1, -0.05) is 23.5 Å². The lowest BCUT2D eigenvalue weighted by Gasteiger charge is -2.06. The zero-order valence-electron chi connectivity index (χ0n) is 16.1. The summed E-state index contributed by atoms with van der Waals surface area (Å²) in [6.07, 6.45) is 0. The third kappa shape index (κ3) is 6.61. The van der Waals surface area contributed by atoms with Crippen LogP contribution in [0.4, 0.5) is 15.2 Å². The highest BCUT2D eigenvalue weighted by Gasteiger charge is 2.10. The summed E-state index contributed by atoms with van der Waals surface area (Å²) < 4.78 is 17.9. The second-order valence-corrected chi connectivity index (χ2v) is 8.18. The Morgan fingerprint density at radius 3 is 2.50 bits per heavy atom. The summed E-state index contributed by atoms with van der Waals surface area (Å²) >= 11 is 2.71. The van der Waals surface area contributed by atoms with Crippen LogP contribution in [0.25, 0.3) is 0 Å². The highest BCUT2D eigenvalue weighted by molar-refractivity contribution is 7.99. The molecule has 0 aliphatic rings. The van der Waals surface area contributed by atoms with E-state index in [0.717, 1.165) is 5.56 Å². The van der Waals surface area contributed by atoms with E-state index in [1.165, 1.54) is 47.4 Å². The Bertz CT molecular complexity index is 994. The smallest absolute Gasteiger partial charge is 0.257 e. The van der Waals surface area contributed by atoms with Crippen molar-refractivity contribution in [1.29, 1.82) is 0 Å². The van der Waals surface area contributed by atoms with Crippen molar-refractivity contribution >= 4 is 45.7 Å². The molecular weight excluding hydrogens is 427 g/mol. The second-order valence-electron chi connectivity index (χ2n) is 6.13. The Balaban J connectivity index is 1.43. The van der Waals surface area contributed by atoms with E-state index in [-0.39, 0.29) is 23.4 Å². The summed E-state index contributed by atoms with van der Waals surface area (Å²) in [7, 11) is 1.57. The van der Waals surface area contributed by atoms with E-state index in [1.807, 2.05) is 12.1 Å². The van der Waals surface area contributed by atoms with E-state index in [0.29, 0.717) is 33.7 Å². The van der Waals surface area contributed by atoms with Gasteiger partial charge >= 0.3 is 0 Å². The summed E-state index contributed by atoms with van der Waals surface area (Å²) in [6.45, 7) is 0.349. The van der Waals surface area contributed by atoms with Gasteiger partial charge in [-0.3, -0.25) is 14.9 Å². The Labute approximate surface area is 181 Å². The molecule has 0 spiro atoms. The van der Waals surface area contributed by atoms with Crippen LogP contribution in [0.2, 0.25) is 0 Å². The molecule has 0 radical (unpaired) electrons. The number of aromatic nitrogens is 2. The molecule has 0 bridgehead atoms. The van der Waals surface area contributed by atoms with Gasteiger partial charge in [-0.15, -0.1) is 22.0 Å². The largest absolute Gasteiger partial charge is 0.377 e. The van der Waals surface area contributed by atoms with Gasteiger partial charge in [0, 0.05) is 24.1 Å². The average molecular weight is 447 g/mol.